The molecule has 0 rings (SSSR count). The number of ether oxygens (including phenoxy) is 1. The second-order valence-electron chi connectivity index (χ2n) is 20.6. The van der Waals surface area contributed by atoms with E-state index >= 15 is 0 Å². The highest BCUT2D eigenvalue weighted by Crippen LogP contribution is 2.20. The average molecular weight is 904 g/mol. The summed E-state index contributed by atoms with van der Waals surface area (Å²) in [5, 5.41) is 3.99. The number of rotatable bonds is 54. The van der Waals surface area contributed by atoms with Crippen molar-refractivity contribution in [3.05, 3.63) is 0 Å². The molecule has 0 heterocycles. The van der Waals surface area contributed by atoms with Gasteiger partial charge in [0, 0.05) is 32.0 Å². The standard InChI is InChI=1S/C59H118N2O3/c1-6-11-16-20-23-29-36-44-53-61(54-45-37-30-24-21-17-12-7-2)58(62)50-41-33-27-25-31-39-48-57(60-52-43-35-22-18-13-8-3)49-40-32-26-28-34-42-51-59(63)64-55-56(46-15-10-5)47-38-19-14-9-4/h56-57,60H,6-55H2,1-5H3. The van der Waals surface area contributed by atoms with Crippen LogP contribution in [-0.4, -0.2) is 49.1 Å². The van der Waals surface area contributed by atoms with Gasteiger partial charge in [-0.25, -0.2) is 0 Å². The largest absolute Gasteiger partial charge is 0.465 e. The molecule has 1 amide bonds. The van der Waals surface area contributed by atoms with Crippen LogP contribution in [-0.2, 0) is 14.3 Å². The monoisotopic (exact) mass is 903 g/mol. The van der Waals surface area contributed by atoms with Crippen molar-refractivity contribution < 1.29 is 14.3 Å². The molecule has 5 nitrogen and oxygen atoms in total. The summed E-state index contributed by atoms with van der Waals surface area (Å²) in [6, 6.07) is 0.656. The lowest BCUT2D eigenvalue weighted by Crippen LogP contribution is -2.32. The highest BCUT2D eigenvalue weighted by atomic mass is 16.5. The van der Waals surface area contributed by atoms with Crippen LogP contribution in [0.4, 0.5) is 0 Å². The number of hydrogen-bond acceptors (Lipinski definition) is 4. The second kappa shape index (κ2) is 52.9. The number of nitrogens with zero attached hydrogens (tertiary/aromatic N) is 1. The Morgan fingerprint density at radius 3 is 1.19 bits per heavy atom. The van der Waals surface area contributed by atoms with E-state index in [0.717, 1.165) is 38.8 Å². The van der Waals surface area contributed by atoms with Crippen LogP contribution in [0.15, 0.2) is 0 Å². The third-order valence-corrected chi connectivity index (χ3v) is 14.2. The van der Waals surface area contributed by atoms with Gasteiger partial charge >= 0.3 is 5.97 Å². The third-order valence-electron chi connectivity index (χ3n) is 14.2. The molecule has 0 fully saturated rings. The summed E-state index contributed by atoms with van der Waals surface area (Å²) in [5.74, 6) is 1.01. The Labute approximate surface area is 403 Å². The Kier molecular flexibility index (Phi) is 52.0. The molecular weight excluding hydrogens is 785 g/mol. The number of hydrogen-bond donors (Lipinski definition) is 1. The minimum absolute atomic E-state index is 0.0277. The number of nitrogens with one attached hydrogen (secondary N) is 1. The van der Waals surface area contributed by atoms with Crippen molar-refractivity contribution in [3.8, 4) is 0 Å². The first-order valence-electron chi connectivity index (χ1n) is 29.7. The van der Waals surface area contributed by atoms with Gasteiger partial charge in [0.25, 0.3) is 0 Å². The van der Waals surface area contributed by atoms with Crippen molar-refractivity contribution in [1.82, 2.24) is 10.2 Å². The minimum atomic E-state index is 0.0277. The molecule has 0 aromatic rings. The van der Waals surface area contributed by atoms with Crippen LogP contribution in [0.2, 0.25) is 0 Å². The zero-order valence-corrected chi connectivity index (χ0v) is 44.7. The number of amides is 1. The van der Waals surface area contributed by atoms with Crippen LogP contribution in [0, 0.1) is 5.92 Å². The summed E-state index contributed by atoms with van der Waals surface area (Å²) in [4.78, 5) is 28.2. The van der Waals surface area contributed by atoms with E-state index < -0.39 is 0 Å². The van der Waals surface area contributed by atoms with Gasteiger partial charge in [0.15, 0.2) is 0 Å². The smallest absolute Gasteiger partial charge is 0.305 e. The molecule has 0 bridgehead atoms. The topological polar surface area (TPSA) is 58.6 Å². The van der Waals surface area contributed by atoms with Gasteiger partial charge in [-0.2, -0.15) is 0 Å². The van der Waals surface area contributed by atoms with E-state index in [9.17, 15) is 9.59 Å². The molecule has 0 radical (unpaired) electrons. The van der Waals surface area contributed by atoms with Crippen molar-refractivity contribution >= 4 is 11.9 Å². The predicted molar refractivity (Wildman–Crippen MR) is 284 cm³/mol. The van der Waals surface area contributed by atoms with E-state index in [2.05, 4.69) is 44.8 Å². The van der Waals surface area contributed by atoms with Gasteiger partial charge in [0.05, 0.1) is 6.61 Å². The van der Waals surface area contributed by atoms with Crippen LogP contribution < -0.4 is 5.32 Å². The zero-order chi connectivity index (χ0) is 46.7. The van der Waals surface area contributed by atoms with Crippen molar-refractivity contribution in [2.45, 2.75) is 336 Å². The van der Waals surface area contributed by atoms with E-state index in [0.29, 0.717) is 30.9 Å². The SMILES string of the molecule is CCCCCCCCCCN(CCCCCCCCCC)C(=O)CCCCCCCCC(CCCCCCCCC(=O)OCC(CCCC)CCCCCC)NCCCCCCCC. The molecule has 382 valence electrons. The summed E-state index contributed by atoms with van der Waals surface area (Å²) >= 11 is 0. The molecule has 5 heteroatoms. The average Bonchev–Trinajstić information content (AvgIpc) is 3.30. The molecule has 0 aliphatic carbocycles. The van der Waals surface area contributed by atoms with Crippen molar-refractivity contribution in [2.75, 3.05) is 26.2 Å². The fraction of sp³-hybridized carbons (Fsp3) is 0.966. The quantitative estimate of drug-likeness (QED) is 0.0488. The van der Waals surface area contributed by atoms with Gasteiger partial charge in [-0.15, -0.1) is 0 Å². The van der Waals surface area contributed by atoms with Gasteiger partial charge in [-0.05, 0) is 70.3 Å². The lowest BCUT2D eigenvalue weighted by Gasteiger charge is -2.23. The summed E-state index contributed by atoms with van der Waals surface area (Å²) in [5.41, 5.74) is 0. The van der Waals surface area contributed by atoms with E-state index in [4.69, 9.17) is 4.74 Å². The number of carbonyl (C=O) groups is 2. The van der Waals surface area contributed by atoms with Crippen molar-refractivity contribution in [3.63, 3.8) is 0 Å². The first kappa shape index (κ1) is 62.9. The van der Waals surface area contributed by atoms with E-state index in [1.165, 1.54) is 270 Å². The lowest BCUT2D eigenvalue weighted by molar-refractivity contribution is -0.145. The van der Waals surface area contributed by atoms with E-state index in [1.807, 2.05) is 0 Å². The molecule has 2 unspecified atom stereocenters. The first-order valence-corrected chi connectivity index (χ1v) is 29.7. The molecule has 0 aliphatic heterocycles. The van der Waals surface area contributed by atoms with Gasteiger partial charge in [-0.3, -0.25) is 9.59 Å². The zero-order valence-electron chi connectivity index (χ0n) is 44.7. The number of unbranched alkanes of at least 4 members (excludes halogenated alkanes) is 33. The summed E-state index contributed by atoms with van der Waals surface area (Å²) in [6.45, 7) is 15.2. The van der Waals surface area contributed by atoms with Crippen LogP contribution >= 0.6 is 0 Å². The molecule has 64 heavy (non-hydrogen) atoms. The fourth-order valence-corrected chi connectivity index (χ4v) is 9.64. The molecule has 0 aromatic carbocycles. The van der Waals surface area contributed by atoms with Gasteiger partial charge in [0.1, 0.15) is 0 Å². The molecule has 0 aromatic heterocycles. The van der Waals surface area contributed by atoms with Crippen LogP contribution in [0.5, 0.6) is 0 Å². The first-order chi connectivity index (χ1) is 31.5. The third kappa shape index (κ3) is 46.0. The molecule has 1 N–H and O–H groups in total. The summed E-state index contributed by atoms with van der Waals surface area (Å²) < 4.78 is 5.77. The molecular formula is C59H118N2O3. The van der Waals surface area contributed by atoms with Gasteiger partial charge in [0.2, 0.25) is 5.91 Å². The number of carbonyl (C=O) groups excluding carboxylic acids is 2. The lowest BCUT2D eigenvalue weighted by atomic mass is 9.96. The Morgan fingerprint density at radius 2 is 0.719 bits per heavy atom. The highest BCUT2D eigenvalue weighted by molar-refractivity contribution is 5.76. The predicted octanol–water partition coefficient (Wildman–Crippen LogP) is 19.0. The Balaban J connectivity index is 4.48. The minimum Gasteiger partial charge on any atom is -0.465 e. The number of esters is 1. The van der Waals surface area contributed by atoms with Crippen LogP contribution in [0.1, 0.15) is 330 Å². The van der Waals surface area contributed by atoms with Crippen molar-refractivity contribution in [1.29, 1.82) is 0 Å². The van der Waals surface area contributed by atoms with Crippen molar-refractivity contribution in [2.24, 2.45) is 5.92 Å². The summed E-state index contributed by atoms with van der Waals surface area (Å²) in [6.07, 6.45) is 58.2. The highest BCUT2D eigenvalue weighted by Gasteiger charge is 2.14. The van der Waals surface area contributed by atoms with Crippen LogP contribution in [0.3, 0.4) is 0 Å². The van der Waals surface area contributed by atoms with Gasteiger partial charge in [-0.1, -0.05) is 259 Å². The molecule has 0 saturated heterocycles. The molecule has 0 saturated carbocycles. The second-order valence-corrected chi connectivity index (χ2v) is 20.6. The molecule has 0 aliphatic rings. The summed E-state index contributed by atoms with van der Waals surface area (Å²) in [7, 11) is 0. The van der Waals surface area contributed by atoms with E-state index in [1.54, 1.807) is 0 Å². The Bertz CT molecular complexity index is 906. The maximum Gasteiger partial charge on any atom is 0.305 e. The van der Waals surface area contributed by atoms with Crippen LogP contribution in [0.25, 0.3) is 0 Å². The Morgan fingerprint density at radius 1 is 0.375 bits per heavy atom. The molecule has 0 spiro atoms. The Hall–Kier alpha value is -1.10. The molecule has 2 atom stereocenters. The fourth-order valence-electron chi connectivity index (χ4n) is 9.64. The van der Waals surface area contributed by atoms with E-state index in [-0.39, 0.29) is 5.97 Å². The maximum absolute atomic E-state index is 13.4. The normalized spacial score (nSPS) is 12.5. The van der Waals surface area contributed by atoms with Gasteiger partial charge < -0.3 is 15.0 Å². The maximum atomic E-state index is 13.4.